The Kier molecular flexibility index (Phi) is 3.33. The highest BCUT2D eigenvalue weighted by Crippen LogP contribution is 2.25. The van der Waals surface area contributed by atoms with Crippen molar-refractivity contribution in [3.8, 4) is 0 Å². The zero-order valence-electron chi connectivity index (χ0n) is 8.35. The zero-order chi connectivity index (χ0) is 10.7. The maximum Gasteiger partial charge on any atom is 0.270 e. The summed E-state index contributed by atoms with van der Waals surface area (Å²) in [5.74, 6) is 0.0918. The topological polar surface area (TPSA) is 62.2 Å². The molecule has 1 aromatic heterocycles. The minimum atomic E-state index is -0.124. The van der Waals surface area contributed by atoms with Crippen LogP contribution in [0.25, 0.3) is 0 Å². The Balaban J connectivity index is 1.94. The summed E-state index contributed by atoms with van der Waals surface area (Å²) in [5.41, 5.74) is 2.12. The Morgan fingerprint density at radius 3 is 3.20 bits per heavy atom. The van der Waals surface area contributed by atoms with Gasteiger partial charge in [-0.2, -0.15) is 0 Å². The van der Waals surface area contributed by atoms with E-state index in [4.69, 9.17) is 5.11 Å². The maximum atomic E-state index is 11.7. The zero-order valence-corrected chi connectivity index (χ0v) is 9.17. The van der Waals surface area contributed by atoms with E-state index in [2.05, 4.69) is 10.3 Å². The Hall–Kier alpha value is -0.940. The Labute approximate surface area is 92.3 Å². The van der Waals surface area contributed by atoms with Crippen molar-refractivity contribution in [1.82, 2.24) is 10.3 Å². The fourth-order valence-corrected chi connectivity index (χ4v) is 2.54. The standard InChI is InChI=1S/C10H14N2O2S/c13-4-7-2-1-3-8(7)12-10(14)9-5-15-6-11-9/h5-8,13H,1-4H2,(H,12,14). The Bertz CT molecular complexity index is 326. The normalized spacial score (nSPS) is 25.4. The molecule has 82 valence electrons. The first-order chi connectivity index (χ1) is 7.31. The number of carbonyl (C=O) groups excluding carboxylic acids is 1. The van der Waals surface area contributed by atoms with Gasteiger partial charge in [-0.05, 0) is 12.8 Å². The van der Waals surface area contributed by atoms with Crippen molar-refractivity contribution in [2.75, 3.05) is 6.61 Å². The summed E-state index contributed by atoms with van der Waals surface area (Å²) in [6.45, 7) is 0.155. The van der Waals surface area contributed by atoms with Crippen molar-refractivity contribution < 1.29 is 9.90 Å². The van der Waals surface area contributed by atoms with Gasteiger partial charge in [0.1, 0.15) is 5.69 Å². The van der Waals surface area contributed by atoms with E-state index in [9.17, 15) is 4.79 Å². The molecule has 0 saturated heterocycles. The van der Waals surface area contributed by atoms with Crippen LogP contribution in [-0.4, -0.2) is 28.6 Å². The van der Waals surface area contributed by atoms with Crippen molar-refractivity contribution in [2.45, 2.75) is 25.3 Å². The smallest absolute Gasteiger partial charge is 0.270 e. The predicted molar refractivity (Wildman–Crippen MR) is 57.8 cm³/mol. The summed E-state index contributed by atoms with van der Waals surface area (Å²) in [7, 11) is 0. The van der Waals surface area contributed by atoms with E-state index >= 15 is 0 Å². The number of rotatable bonds is 3. The van der Waals surface area contributed by atoms with Crippen LogP contribution in [0, 0.1) is 5.92 Å². The molecule has 2 atom stereocenters. The van der Waals surface area contributed by atoms with Crippen LogP contribution in [0.2, 0.25) is 0 Å². The van der Waals surface area contributed by atoms with Gasteiger partial charge in [0.2, 0.25) is 0 Å². The molecule has 1 aromatic rings. The molecule has 1 aliphatic rings. The fourth-order valence-electron chi connectivity index (χ4n) is 2.01. The van der Waals surface area contributed by atoms with E-state index in [0.29, 0.717) is 5.69 Å². The van der Waals surface area contributed by atoms with Crippen LogP contribution in [0.4, 0.5) is 0 Å². The average molecular weight is 226 g/mol. The molecule has 0 aliphatic heterocycles. The molecule has 1 aliphatic carbocycles. The highest BCUT2D eigenvalue weighted by atomic mass is 32.1. The van der Waals surface area contributed by atoms with E-state index in [-0.39, 0.29) is 24.5 Å². The van der Waals surface area contributed by atoms with Gasteiger partial charge in [0, 0.05) is 23.9 Å². The lowest BCUT2D eigenvalue weighted by atomic mass is 10.1. The minimum absolute atomic E-state index is 0.115. The van der Waals surface area contributed by atoms with Gasteiger partial charge in [-0.15, -0.1) is 11.3 Å². The first-order valence-corrected chi connectivity index (χ1v) is 6.05. The molecule has 2 unspecified atom stereocenters. The van der Waals surface area contributed by atoms with E-state index in [1.54, 1.807) is 10.9 Å². The number of aliphatic hydroxyl groups excluding tert-OH is 1. The molecule has 0 aromatic carbocycles. The van der Waals surface area contributed by atoms with Crippen molar-refractivity contribution in [3.05, 3.63) is 16.6 Å². The number of hydrogen-bond donors (Lipinski definition) is 2. The summed E-state index contributed by atoms with van der Waals surface area (Å²) in [5, 5.41) is 13.8. The Morgan fingerprint density at radius 2 is 2.53 bits per heavy atom. The molecule has 1 heterocycles. The van der Waals surface area contributed by atoms with Crippen molar-refractivity contribution in [3.63, 3.8) is 0 Å². The number of carbonyl (C=O) groups is 1. The van der Waals surface area contributed by atoms with Crippen LogP contribution in [0.1, 0.15) is 29.8 Å². The summed E-state index contributed by atoms with van der Waals surface area (Å²) in [6.07, 6.45) is 3.03. The molecule has 15 heavy (non-hydrogen) atoms. The van der Waals surface area contributed by atoms with Crippen LogP contribution in [0.15, 0.2) is 10.9 Å². The van der Waals surface area contributed by atoms with Gasteiger partial charge in [-0.25, -0.2) is 4.98 Å². The SMILES string of the molecule is O=C(NC1CCCC1CO)c1cscn1. The third-order valence-corrected chi connectivity index (χ3v) is 3.46. The number of thiazole rings is 1. The van der Waals surface area contributed by atoms with Crippen LogP contribution in [-0.2, 0) is 0 Å². The van der Waals surface area contributed by atoms with Gasteiger partial charge in [0.15, 0.2) is 0 Å². The number of amides is 1. The molecule has 1 amide bonds. The predicted octanol–water partition coefficient (Wildman–Crippen LogP) is 1.03. The minimum Gasteiger partial charge on any atom is -0.396 e. The second kappa shape index (κ2) is 4.72. The lowest BCUT2D eigenvalue weighted by Gasteiger charge is -2.18. The number of nitrogens with zero attached hydrogens (tertiary/aromatic N) is 1. The van der Waals surface area contributed by atoms with Gasteiger partial charge < -0.3 is 10.4 Å². The number of aromatic nitrogens is 1. The van der Waals surface area contributed by atoms with Crippen LogP contribution in [0.3, 0.4) is 0 Å². The summed E-state index contributed by atoms with van der Waals surface area (Å²) in [4.78, 5) is 15.6. The molecule has 0 bridgehead atoms. The van der Waals surface area contributed by atoms with E-state index in [1.165, 1.54) is 11.3 Å². The molecule has 0 radical (unpaired) electrons. The van der Waals surface area contributed by atoms with Gasteiger partial charge in [-0.3, -0.25) is 4.79 Å². The van der Waals surface area contributed by atoms with Gasteiger partial charge in [-0.1, -0.05) is 6.42 Å². The first-order valence-electron chi connectivity index (χ1n) is 5.11. The molecule has 1 saturated carbocycles. The lowest BCUT2D eigenvalue weighted by molar-refractivity contribution is 0.0911. The molecule has 4 nitrogen and oxygen atoms in total. The number of aliphatic hydroxyl groups is 1. The highest BCUT2D eigenvalue weighted by Gasteiger charge is 2.28. The number of nitrogens with one attached hydrogen (secondary N) is 1. The highest BCUT2D eigenvalue weighted by molar-refractivity contribution is 7.07. The van der Waals surface area contributed by atoms with Gasteiger partial charge in [0.25, 0.3) is 5.91 Å². The molecule has 2 rings (SSSR count). The maximum absolute atomic E-state index is 11.7. The summed E-state index contributed by atoms with van der Waals surface area (Å²) in [6, 6.07) is 0.115. The number of hydrogen-bond acceptors (Lipinski definition) is 4. The average Bonchev–Trinajstić information content (AvgIpc) is 2.87. The van der Waals surface area contributed by atoms with Crippen molar-refractivity contribution >= 4 is 17.2 Å². The molecule has 2 N–H and O–H groups in total. The van der Waals surface area contributed by atoms with Gasteiger partial charge >= 0.3 is 0 Å². The monoisotopic (exact) mass is 226 g/mol. The molecular formula is C10H14N2O2S. The van der Waals surface area contributed by atoms with Crippen LogP contribution in [0.5, 0.6) is 0 Å². The second-order valence-corrected chi connectivity index (χ2v) is 4.55. The van der Waals surface area contributed by atoms with Gasteiger partial charge in [0.05, 0.1) is 5.51 Å². The molecule has 1 fully saturated rings. The van der Waals surface area contributed by atoms with E-state index < -0.39 is 0 Å². The fraction of sp³-hybridized carbons (Fsp3) is 0.600. The quantitative estimate of drug-likeness (QED) is 0.809. The van der Waals surface area contributed by atoms with Crippen molar-refractivity contribution in [2.24, 2.45) is 5.92 Å². The molecular weight excluding hydrogens is 212 g/mol. The van der Waals surface area contributed by atoms with E-state index in [0.717, 1.165) is 19.3 Å². The van der Waals surface area contributed by atoms with Crippen LogP contribution < -0.4 is 5.32 Å². The Morgan fingerprint density at radius 1 is 1.67 bits per heavy atom. The largest absolute Gasteiger partial charge is 0.396 e. The third kappa shape index (κ3) is 2.35. The summed E-state index contributed by atoms with van der Waals surface area (Å²) < 4.78 is 0. The second-order valence-electron chi connectivity index (χ2n) is 3.83. The lowest BCUT2D eigenvalue weighted by Crippen LogP contribution is -2.38. The van der Waals surface area contributed by atoms with Crippen molar-refractivity contribution in [1.29, 1.82) is 0 Å². The van der Waals surface area contributed by atoms with E-state index in [1.807, 2.05) is 0 Å². The third-order valence-electron chi connectivity index (χ3n) is 2.88. The molecule has 5 heteroatoms. The first kappa shape index (κ1) is 10.6. The summed E-state index contributed by atoms with van der Waals surface area (Å²) >= 11 is 1.41. The van der Waals surface area contributed by atoms with Crippen LogP contribution >= 0.6 is 11.3 Å². The molecule has 0 spiro atoms.